The van der Waals surface area contributed by atoms with Gasteiger partial charge in [0, 0.05) is 0 Å². The van der Waals surface area contributed by atoms with Crippen molar-refractivity contribution in [2.45, 2.75) is 20.3 Å². The highest BCUT2D eigenvalue weighted by Crippen LogP contribution is 2.33. The van der Waals surface area contributed by atoms with Crippen LogP contribution in [-0.4, -0.2) is 7.11 Å². The van der Waals surface area contributed by atoms with Gasteiger partial charge in [0.05, 0.1) is 24.6 Å². The van der Waals surface area contributed by atoms with E-state index in [9.17, 15) is 0 Å². The molecule has 0 saturated heterocycles. The molecule has 0 aliphatic carbocycles. The molecule has 14 heavy (non-hydrogen) atoms. The van der Waals surface area contributed by atoms with Crippen LogP contribution in [0.15, 0.2) is 6.07 Å². The summed E-state index contributed by atoms with van der Waals surface area (Å²) in [5.41, 5.74) is 2.86. The van der Waals surface area contributed by atoms with Crippen molar-refractivity contribution in [1.29, 1.82) is 5.26 Å². The Bertz CT molecular complexity index is 393. The second kappa shape index (κ2) is 4.34. The molecule has 0 amide bonds. The first-order valence-electron chi connectivity index (χ1n) is 4.31. The van der Waals surface area contributed by atoms with Gasteiger partial charge in [-0.15, -0.1) is 0 Å². The standard InChI is InChI=1S/C11H12ClNO/c1-7-6-9(4-5-13)8(2)10(12)11(7)14-3/h6H,4H2,1-3H3. The van der Waals surface area contributed by atoms with Gasteiger partial charge in [0.2, 0.25) is 0 Å². The molecular formula is C11H12ClNO. The molecule has 0 N–H and O–H groups in total. The van der Waals surface area contributed by atoms with E-state index in [0.29, 0.717) is 17.2 Å². The first-order chi connectivity index (χ1) is 6.61. The van der Waals surface area contributed by atoms with Gasteiger partial charge in [-0.2, -0.15) is 5.26 Å². The van der Waals surface area contributed by atoms with Crippen molar-refractivity contribution >= 4 is 11.6 Å². The van der Waals surface area contributed by atoms with E-state index in [1.165, 1.54) is 0 Å². The lowest BCUT2D eigenvalue weighted by Gasteiger charge is -2.12. The fourth-order valence-electron chi connectivity index (χ4n) is 1.44. The SMILES string of the molecule is COc1c(C)cc(CC#N)c(C)c1Cl. The summed E-state index contributed by atoms with van der Waals surface area (Å²) < 4.78 is 5.17. The number of rotatable bonds is 2. The Morgan fingerprint density at radius 2 is 2.14 bits per heavy atom. The number of nitriles is 1. The molecule has 0 unspecified atom stereocenters. The van der Waals surface area contributed by atoms with Crippen molar-refractivity contribution in [3.63, 3.8) is 0 Å². The highest BCUT2D eigenvalue weighted by Gasteiger charge is 2.11. The maximum Gasteiger partial charge on any atom is 0.140 e. The van der Waals surface area contributed by atoms with Crippen LogP contribution in [0.3, 0.4) is 0 Å². The number of halogens is 1. The minimum Gasteiger partial charge on any atom is -0.495 e. The van der Waals surface area contributed by atoms with Gasteiger partial charge in [-0.1, -0.05) is 17.7 Å². The zero-order valence-corrected chi connectivity index (χ0v) is 9.27. The zero-order chi connectivity index (χ0) is 10.7. The van der Waals surface area contributed by atoms with E-state index in [4.69, 9.17) is 21.6 Å². The van der Waals surface area contributed by atoms with E-state index in [1.54, 1.807) is 7.11 Å². The summed E-state index contributed by atoms with van der Waals surface area (Å²) in [4.78, 5) is 0. The molecule has 0 heterocycles. The molecule has 74 valence electrons. The van der Waals surface area contributed by atoms with Gasteiger partial charge in [0.25, 0.3) is 0 Å². The summed E-state index contributed by atoms with van der Waals surface area (Å²) in [5.74, 6) is 0.700. The predicted molar refractivity (Wildman–Crippen MR) is 56.8 cm³/mol. The van der Waals surface area contributed by atoms with Crippen LogP contribution in [-0.2, 0) is 6.42 Å². The molecule has 0 atom stereocenters. The molecule has 0 saturated carbocycles. The fraction of sp³-hybridized carbons (Fsp3) is 0.364. The highest BCUT2D eigenvalue weighted by molar-refractivity contribution is 6.33. The van der Waals surface area contributed by atoms with Crippen LogP contribution in [0.5, 0.6) is 5.75 Å². The van der Waals surface area contributed by atoms with Crippen LogP contribution < -0.4 is 4.74 Å². The summed E-state index contributed by atoms with van der Waals surface area (Å²) in [6.45, 7) is 3.82. The van der Waals surface area contributed by atoms with Crippen molar-refractivity contribution < 1.29 is 4.74 Å². The molecule has 1 aromatic carbocycles. The minimum absolute atomic E-state index is 0.385. The maximum atomic E-state index is 8.63. The number of hydrogen-bond donors (Lipinski definition) is 0. The molecule has 1 rings (SSSR count). The van der Waals surface area contributed by atoms with Crippen molar-refractivity contribution in [1.82, 2.24) is 0 Å². The molecule has 0 fully saturated rings. The van der Waals surface area contributed by atoms with Gasteiger partial charge in [0.1, 0.15) is 5.75 Å². The lowest BCUT2D eigenvalue weighted by molar-refractivity contribution is 0.411. The number of methoxy groups -OCH3 is 1. The monoisotopic (exact) mass is 209 g/mol. The van der Waals surface area contributed by atoms with E-state index < -0.39 is 0 Å². The Kier molecular flexibility index (Phi) is 3.38. The summed E-state index contributed by atoms with van der Waals surface area (Å²) in [6.07, 6.45) is 0.385. The van der Waals surface area contributed by atoms with Gasteiger partial charge in [-0.05, 0) is 30.5 Å². The lowest BCUT2D eigenvalue weighted by atomic mass is 10.0. The summed E-state index contributed by atoms with van der Waals surface area (Å²) in [6, 6.07) is 4.06. The molecule has 0 bridgehead atoms. The summed E-state index contributed by atoms with van der Waals surface area (Å²) in [5, 5.41) is 9.24. The third-order valence-electron chi connectivity index (χ3n) is 2.23. The number of ether oxygens (including phenoxy) is 1. The van der Waals surface area contributed by atoms with E-state index in [2.05, 4.69) is 6.07 Å². The molecule has 0 aromatic heterocycles. The third-order valence-corrected chi connectivity index (χ3v) is 2.69. The quantitative estimate of drug-likeness (QED) is 0.750. The van der Waals surface area contributed by atoms with Crippen LogP contribution >= 0.6 is 11.6 Å². The number of aryl methyl sites for hydroxylation is 1. The van der Waals surface area contributed by atoms with Gasteiger partial charge < -0.3 is 4.74 Å². The molecule has 3 heteroatoms. The molecule has 0 aliphatic heterocycles. The number of benzene rings is 1. The maximum absolute atomic E-state index is 8.63. The smallest absolute Gasteiger partial charge is 0.140 e. The van der Waals surface area contributed by atoms with Crippen LogP contribution in [0.25, 0.3) is 0 Å². The Morgan fingerprint density at radius 1 is 1.50 bits per heavy atom. The molecule has 0 aliphatic rings. The predicted octanol–water partition coefficient (Wildman–Crippen LogP) is 3.03. The number of nitrogens with zero attached hydrogens (tertiary/aromatic N) is 1. The Morgan fingerprint density at radius 3 is 2.64 bits per heavy atom. The van der Waals surface area contributed by atoms with Crippen molar-refractivity contribution in [3.05, 3.63) is 27.8 Å². The van der Waals surface area contributed by atoms with Crippen LogP contribution in [0.4, 0.5) is 0 Å². The molecule has 0 radical (unpaired) electrons. The van der Waals surface area contributed by atoms with Crippen LogP contribution in [0.2, 0.25) is 5.02 Å². The van der Waals surface area contributed by atoms with E-state index in [1.807, 2.05) is 19.9 Å². The first kappa shape index (κ1) is 10.9. The lowest BCUT2D eigenvalue weighted by Crippen LogP contribution is -1.95. The molecule has 1 aromatic rings. The fourth-order valence-corrected chi connectivity index (χ4v) is 1.79. The second-order valence-electron chi connectivity index (χ2n) is 3.16. The topological polar surface area (TPSA) is 33.0 Å². The molecular weight excluding hydrogens is 198 g/mol. The Hall–Kier alpha value is -1.20. The zero-order valence-electron chi connectivity index (χ0n) is 8.52. The highest BCUT2D eigenvalue weighted by atomic mass is 35.5. The van der Waals surface area contributed by atoms with E-state index >= 15 is 0 Å². The van der Waals surface area contributed by atoms with Crippen molar-refractivity contribution in [2.75, 3.05) is 7.11 Å². The van der Waals surface area contributed by atoms with Gasteiger partial charge >= 0.3 is 0 Å². The summed E-state index contributed by atoms with van der Waals surface area (Å²) >= 11 is 6.11. The largest absolute Gasteiger partial charge is 0.495 e. The second-order valence-corrected chi connectivity index (χ2v) is 3.54. The van der Waals surface area contributed by atoms with E-state index in [0.717, 1.165) is 16.7 Å². The van der Waals surface area contributed by atoms with E-state index in [-0.39, 0.29) is 0 Å². The molecule has 0 spiro atoms. The van der Waals surface area contributed by atoms with Crippen LogP contribution in [0, 0.1) is 25.2 Å². The summed E-state index contributed by atoms with van der Waals surface area (Å²) in [7, 11) is 1.59. The Balaban J connectivity index is 3.34. The molecule has 2 nitrogen and oxygen atoms in total. The Labute approximate surface area is 89.1 Å². The van der Waals surface area contributed by atoms with Gasteiger partial charge in [-0.3, -0.25) is 0 Å². The number of hydrogen-bond acceptors (Lipinski definition) is 2. The van der Waals surface area contributed by atoms with Crippen LogP contribution in [0.1, 0.15) is 16.7 Å². The van der Waals surface area contributed by atoms with Crippen molar-refractivity contribution in [3.8, 4) is 11.8 Å². The average molecular weight is 210 g/mol. The van der Waals surface area contributed by atoms with Gasteiger partial charge in [0.15, 0.2) is 0 Å². The first-order valence-corrected chi connectivity index (χ1v) is 4.69. The average Bonchev–Trinajstić information content (AvgIpc) is 2.15. The third kappa shape index (κ3) is 1.83. The van der Waals surface area contributed by atoms with Crippen molar-refractivity contribution in [2.24, 2.45) is 0 Å². The van der Waals surface area contributed by atoms with Gasteiger partial charge in [-0.25, -0.2) is 0 Å². The normalized spacial score (nSPS) is 9.64. The minimum atomic E-state index is 0.385.